The van der Waals surface area contributed by atoms with Crippen molar-refractivity contribution in [2.45, 2.75) is 32.4 Å². The molecule has 3 N–H and O–H groups in total. The van der Waals surface area contributed by atoms with E-state index in [2.05, 4.69) is 18.3 Å². The van der Waals surface area contributed by atoms with Gasteiger partial charge in [0.25, 0.3) is 5.91 Å². The Morgan fingerprint density at radius 2 is 1.68 bits per heavy atom. The van der Waals surface area contributed by atoms with Gasteiger partial charge in [-0.05, 0) is 37.8 Å². The zero-order valence-electron chi connectivity index (χ0n) is 17.6. The molecule has 3 rings (SSSR count). The minimum atomic E-state index is 0.194. The molecular weight excluding hydrogens is 358 g/mol. The number of methoxy groups -OCH3 is 3. The second-order valence-corrected chi connectivity index (χ2v) is 8.04. The van der Waals surface area contributed by atoms with Crippen LogP contribution in [0.15, 0.2) is 12.1 Å². The number of quaternary nitrogens is 2. The average Bonchev–Trinajstić information content (AvgIpc) is 3.54. The third-order valence-corrected chi connectivity index (χ3v) is 6.02. The lowest BCUT2D eigenvalue weighted by atomic mass is 10.1. The van der Waals surface area contributed by atoms with Crippen LogP contribution in [-0.2, 0) is 11.3 Å². The Bertz CT molecular complexity index is 670. The first kappa shape index (κ1) is 20.7. The summed E-state index contributed by atoms with van der Waals surface area (Å²) in [5, 5.41) is 3.17. The number of piperazine rings is 1. The fraction of sp³-hybridized carbons (Fsp3) is 0.667. The van der Waals surface area contributed by atoms with Crippen LogP contribution >= 0.6 is 0 Å². The Labute approximate surface area is 167 Å². The minimum Gasteiger partial charge on any atom is -0.493 e. The molecule has 7 heteroatoms. The molecule has 28 heavy (non-hydrogen) atoms. The van der Waals surface area contributed by atoms with Gasteiger partial charge in [-0.2, -0.15) is 0 Å². The quantitative estimate of drug-likeness (QED) is 0.499. The highest BCUT2D eigenvalue weighted by Gasteiger charge is 2.31. The lowest BCUT2D eigenvalue weighted by Gasteiger charge is -2.30. The van der Waals surface area contributed by atoms with Gasteiger partial charge in [-0.3, -0.25) is 4.79 Å². The number of carbonyl (C=O) groups is 1. The molecule has 1 saturated heterocycles. The maximum Gasteiger partial charge on any atom is 0.275 e. The fourth-order valence-electron chi connectivity index (χ4n) is 4.13. The second kappa shape index (κ2) is 9.47. The molecule has 1 heterocycles. The van der Waals surface area contributed by atoms with Gasteiger partial charge < -0.3 is 29.3 Å². The monoisotopic (exact) mass is 393 g/mol. The molecular formula is C21H35N3O4+2. The highest BCUT2D eigenvalue weighted by Crippen LogP contribution is 2.39. The zero-order chi connectivity index (χ0) is 20.1. The summed E-state index contributed by atoms with van der Waals surface area (Å²) >= 11 is 0. The molecule has 0 unspecified atom stereocenters. The van der Waals surface area contributed by atoms with E-state index in [0.717, 1.165) is 44.0 Å². The van der Waals surface area contributed by atoms with E-state index in [4.69, 9.17) is 14.2 Å². The summed E-state index contributed by atoms with van der Waals surface area (Å²) in [6, 6.07) is 4.32. The van der Waals surface area contributed by atoms with E-state index in [1.54, 1.807) is 21.3 Å². The number of hydrogen-bond acceptors (Lipinski definition) is 4. The lowest BCUT2D eigenvalue weighted by molar-refractivity contribution is -1.02. The molecule has 0 spiro atoms. The minimum absolute atomic E-state index is 0.194. The van der Waals surface area contributed by atoms with E-state index in [-0.39, 0.29) is 5.91 Å². The van der Waals surface area contributed by atoms with Gasteiger partial charge in [0, 0.05) is 6.04 Å². The highest BCUT2D eigenvalue weighted by atomic mass is 16.5. The molecule has 1 aliphatic heterocycles. The highest BCUT2D eigenvalue weighted by molar-refractivity contribution is 5.77. The molecule has 1 atom stereocenters. The molecule has 2 fully saturated rings. The predicted octanol–water partition coefficient (Wildman–Crippen LogP) is -1.09. The Morgan fingerprint density at radius 3 is 2.25 bits per heavy atom. The fourth-order valence-corrected chi connectivity index (χ4v) is 4.13. The molecule has 1 aliphatic carbocycles. The molecule has 7 nitrogen and oxygen atoms in total. The Balaban J connectivity index is 1.51. The third kappa shape index (κ3) is 5.08. The van der Waals surface area contributed by atoms with E-state index in [1.807, 2.05) is 6.07 Å². The van der Waals surface area contributed by atoms with Crippen LogP contribution < -0.4 is 29.3 Å². The topological polar surface area (TPSA) is 65.7 Å². The summed E-state index contributed by atoms with van der Waals surface area (Å²) in [4.78, 5) is 15.1. The van der Waals surface area contributed by atoms with E-state index in [9.17, 15) is 4.79 Å². The maximum atomic E-state index is 12.3. The van der Waals surface area contributed by atoms with E-state index in [0.29, 0.717) is 30.0 Å². The van der Waals surface area contributed by atoms with Crippen molar-refractivity contribution in [3.8, 4) is 17.2 Å². The van der Waals surface area contributed by atoms with E-state index >= 15 is 0 Å². The average molecular weight is 394 g/mol. The predicted molar refractivity (Wildman–Crippen MR) is 106 cm³/mol. The molecule has 1 saturated carbocycles. The van der Waals surface area contributed by atoms with Crippen LogP contribution in [0.5, 0.6) is 17.2 Å². The summed E-state index contributed by atoms with van der Waals surface area (Å²) in [6.45, 7) is 7.69. The van der Waals surface area contributed by atoms with Gasteiger partial charge >= 0.3 is 0 Å². The Hall–Kier alpha value is -1.99. The van der Waals surface area contributed by atoms with Crippen LogP contribution in [0.25, 0.3) is 0 Å². The summed E-state index contributed by atoms with van der Waals surface area (Å²) in [5.41, 5.74) is 1.12. The molecule has 0 radical (unpaired) electrons. The van der Waals surface area contributed by atoms with Crippen molar-refractivity contribution in [1.82, 2.24) is 5.32 Å². The Morgan fingerprint density at radius 1 is 1.04 bits per heavy atom. The van der Waals surface area contributed by atoms with Gasteiger partial charge in [-0.1, -0.05) is 0 Å². The largest absolute Gasteiger partial charge is 0.493 e. The number of ether oxygens (including phenoxy) is 3. The smallest absolute Gasteiger partial charge is 0.275 e. The first-order chi connectivity index (χ1) is 13.5. The first-order valence-corrected chi connectivity index (χ1v) is 10.3. The summed E-state index contributed by atoms with van der Waals surface area (Å²) < 4.78 is 16.5. The van der Waals surface area contributed by atoms with Crippen molar-refractivity contribution in [2.24, 2.45) is 5.92 Å². The number of amides is 1. The van der Waals surface area contributed by atoms with Gasteiger partial charge in [0.15, 0.2) is 18.0 Å². The van der Waals surface area contributed by atoms with E-state index < -0.39 is 0 Å². The number of hydrogen-bond donors (Lipinski definition) is 3. The molecule has 2 aliphatic rings. The van der Waals surface area contributed by atoms with Crippen LogP contribution in [0.2, 0.25) is 0 Å². The third-order valence-electron chi connectivity index (χ3n) is 6.02. The lowest BCUT2D eigenvalue weighted by Crippen LogP contribution is -3.28. The summed E-state index contributed by atoms with van der Waals surface area (Å²) in [7, 11) is 4.93. The van der Waals surface area contributed by atoms with Crippen molar-refractivity contribution in [1.29, 1.82) is 0 Å². The summed E-state index contributed by atoms with van der Waals surface area (Å²) in [5.74, 6) is 2.97. The molecule has 156 valence electrons. The van der Waals surface area contributed by atoms with Crippen LogP contribution in [-0.4, -0.2) is 66.0 Å². The van der Waals surface area contributed by atoms with Crippen LogP contribution in [0.4, 0.5) is 0 Å². The molecule has 1 aromatic rings. The van der Waals surface area contributed by atoms with Gasteiger partial charge in [0.05, 0.1) is 26.9 Å². The zero-order valence-corrected chi connectivity index (χ0v) is 17.6. The summed E-state index contributed by atoms with van der Waals surface area (Å²) in [6.07, 6.45) is 2.52. The standard InChI is InChI=1S/C21H33N3O4/c1-15(16-5-6-16)22-19(25)14-24-11-9-23(10-12-24)13-17-7-8-18(26-2)21(28-4)20(17)27-3/h7-8,15-16H,5-6,9-14H2,1-4H3,(H,22,25)/p+2/t15-/m1/s1. The number of benzene rings is 1. The molecule has 0 bridgehead atoms. The normalized spacial score (nSPS) is 23.0. The maximum absolute atomic E-state index is 12.3. The van der Waals surface area contributed by atoms with Crippen LogP contribution in [0.3, 0.4) is 0 Å². The first-order valence-electron chi connectivity index (χ1n) is 10.3. The van der Waals surface area contributed by atoms with Gasteiger partial charge in [-0.25, -0.2) is 0 Å². The molecule has 1 amide bonds. The molecule has 1 aromatic carbocycles. The van der Waals surface area contributed by atoms with Crippen LogP contribution in [0.1, 0.15) is 25.3 Å². The van der Waals surface area contributed by atoms with Gasteiger partial charge in [0.2, 0.25) is 5.75 Å². The number of nitrogens with one attached hydrogen (secondary N) is 3. The van der Waals surface area contributed by atoms with Gasteiger partial charge in [-0.15, -0.1) is 0 Å². The number of rotatable bonds is 9. The SMILES string of the molecule is COc1ccc(C[NH+]2CC[NH+](CC(=O)N[C@H](C)C3CC3)CC2)c(OC)c1OC. The van der Waals surface area contributed by atoms with Crippen molar-refractivity contribution in [2.75, 3.05) is 54.1 Å². The Kier molecular flexibility index (Phi) is 7.02. The van der Waals surface area contributed by atoms with Gasteiger partial charge in [0.1, 0.15) is 32.7 Å². The van der Waals surface area contributed by atoms with Crippen molar-refractivity contribution in [3.05, 3.63) is 17.7 Å². The second-order valence-electron chi connectivity index (χ2n) is 8.04. The van der Waals surface area contributed by atoms with Crippen LogP contribution in [0, 0.1) is 5.92 Å². The van der Waals surface area contributed by atoms with Crippen molar-refractivity contribution < 1.29 is 28.8 Å². The number of carbonyl (C=O) groups excluding carboxylic acids is 1. The molecule has 0 aromatic heterocycles. The van der Waals surface area contributed by atoms with Crippen molar-refractivity contribution >= 4 is 5.91 Å². The van der Waals surface area contributed by atoms with E-state index in [1.165, 1.54) is 22.6 Å². The van der Waals surface area contributed by atoms with Crippen molar-refractivity contribution in [3.63, 3.8) is 0 Å².